The lowest BCUT2D eigenvalue weighted by Gasteiger charge is -2.11. The Hall–Kier alpha value is -0.0900. The van der Waals surface area contributed by atoms with Gasteiger partial charge in [0, 0.05) is 9.61 Å². The molecule has 1 fully saturated rings. The van der Waals surface area contributed by atoms with Gasteiger partial charge in [-0.25, -0.2) is 0 Å². The van der Waals surface area contributed by atoms with Crippen LogP contribution in [0.25, 0.3) is 0 Å². The first-order chi connectivity index (χ1) is 5.88. The van der Waals surface area contributed by atoms with Crippen molar-refractivity contribution in [2.45, 2.75) is 18.9 Å². The summed E-state index contributed by atoms with van der Waals surface area (Å²) >= 11 is 2.41. The second kappa shape index (κ2) is 3.75. The number of halogens is 1. The van der Waals surface area contributed by atoms with Crippen molar-refractivity contribution in [3.05, 3.63) is 33.4 Å². The van der Waals surface area contributed by atoms with E-state index in [1.54, 1.807) is 0 Å². The monoisotopic (exact) mass is 273 g/mol. The molecular weight excluding hydrogens is 261 g/mol. The second-order valence-corrected chi connectivity index (χ2v) is 4.33. The molecule has 1 aromatic carbocycles. The molecule has 64 valence electrons. The fraction of sp³-hybridized carbons (Fsp3) is 0.400. The maximum atomic E-state index is 3.51. The standard InChI is InChI=1S/C10H12IN/c11-9-5-2-1-4-8(9)10-6-3-7-12-10/h1-2,4-5,10,12H,3,6-7H2/t10-/m1/s1. The van der Waals surface area contributed by atoms with Gasteiger partial charge in [0.1, 0.15) is 0 Å². The molecule has 1 aromatic rings. The van der Waals surface area contributed by atoms with E-state index >= 15 is 0 Å². The molecule has 0 radical (unpaired) electrons. The first-order valence-electron chi connectivity index (χ1n) is 4.36. The minimum Gasteiger partial charge on any atom is -0.310 e. The third kappa shape index (κ3) is 1.64. The summed E-state index contributed by atoms with van der Waals surface area (Å²) in [6.45, 7) is 1.18. The van der Waals surface area contributed by atoms with Crippen LogP contribution in [0.4, 0.5) is 0 Å². The summed E-state index contributed by atoms with van der Waals surface area (Å²) in [6.07, 6.45) is 2.61. The van der Waals surface area contributed by atoms with Crippen molar-refractivity contribution < 1.29 is 0 Å². The lowest BCUT2D eigenvalue weighted by molar-refractivity contribution is 0.644. The molecule has 1 heterocycles. The molecule has 0 unspecified atom stereocenters. The summed E-state index contributed by atoms with van der Waals surface area (Å²) in [5, 5.41) is 3.51. The van der Waals surface area contributed by atoms with E-state index in [1.165, 1.54) is 28.5 Å². The Bertz CT molecular complexity index is 266. The number of hydrogen-bond donors (Lipinski definition) is 1. The van der Waals surface area contributed by atoms with Crippen LogP contribution in [0, 0.1) is 3.57 Å². The van der Waals surface area contributed by atoms with Crippen LogP contribution in [-0.4, -0.2) is 6.54 Å². The van der Waals surface area contributed by atoms with Crippen LogP contribution in [0.2, 0.25) is 0 Å². The van der Waals surface area contributed by atoms with Gasteiger partial charge in [-0.1, -0.05) is 18.2 Å². The largest absolute Gasteiger partial charge is 0.310 e. The molecule has 1 N–H and O–H groups in total. The molecule has 0 spiro atoms. The molecule has 1 aliphatic heterocycles. The van der Waals surface area contributed by atoms with Crippen molar-refractivity contribution >= 4 is 22.6 Å². The van der Waals surface area contributed by atoms with Crippen molar-refractivity contribution in [2.24, 2.45) is 0 Å². The molecule has 12 heavy (non-hydrogen) atoms. The topological polar surface area (TPSA) is 12.0 Å². The highest BCUT2D eigenvalue weighted by molar-refractivity contribution is 14.1. The summed E-state index contributed by atoms with van der Waals surface area (Å²) in [4.78, 5) is 0. The molecule has 0 bridgehead atoms. The maximum Gasteiger partial charge on any atom is 0.0331 e. The fourth-order valence-corrected chi connectivity index (χ4v) is 2.47. The zero-order valence-electron chi connectivity index (χ0n) is 6.89. The van der Waals surface area contributed by atoms with Crippen LogP contribution in [-0.2, 0) is 0 Å². The van der Waals surface area contributed by atoms with Gasteiger partial charge >= 0.3 is 0 Å². The van der Waals surface area contributed by atoms with Gasteiger partial charge in [-0.15, -0.1) is 0 Å². The van der Waals surface area contributed by atoms with Gasteiger partial charge in [0.05, 0.1) is 0 Å². The molecule has 2 rings (SSSR count). The van der Waals surface area contributed by atoms with E-state index < -0.39 is 0 Å². The van der Waals surface area contributed by atoms with Crippen molar-refractivity contribution in [1.29, 1.82) is 0 Å². The van der Waals surface area contributed by atoms with E-state index in [4.69, 9.17) is 0 Å². The van der Waals surface area contributed by atoms with Crippen molar-refractivity contribution in [3.8, 4) is 0 Å². The lowest BCUT2D eigenvalue weighted by Crippen LogP contribution is -2.13. The average Bonchev–Trinajstić information content (AvgIpc) is 2.57. The number of nitrogens with one attached hydrogen (secondary N) is 1. The number of hydrogen-bond acceptors (Lipinski definition) is 1. The van der Waals surface area contributed by atoms with E-state index in [9.17, 15) is 0 Å². The zero-order chi connectivity index (χ0) is 8.39. The first kappa shape index (κ1) is 8.51. The molecule has 1 atom stereocenters. The molecule has 0 saturated carbocycles. The molecule has 0 aliphatic carbocycles. The van der Waals surface area contributed by atoms with Gasteiger partial charge < -0.3 is 5.32 Å². The highest BCUT2D eigenvalue weighted by atomic mass is 127. The van der Waals surface area contributed by atoms with Gasteiger partial charge in [0.15, 0.2) is 0 Å². The van der Waals surface area contributed by atoms with E-state index in [0.717, 1.165) is 0 Å². The lowest BCUT2D eigenvalue weighted by atomic mass is 10.1. The van der Waals surface area contributed by atoms with Gasteiger partial charge in [0.25, 0.3) is 0 Å². The molecule has 1 saturated heterocycles. The van der Waals surface area contributed by atoms with Gasteiger partial charge in [-0.05, 0) is 53.6 Å². The highest BCUT2D eigenvalue weighted by Gasteiger charge is 2.17. The summed E-state index contributed by atoms with van der Waals surface area (Å²) in [7, 11) is 0. The second-order valence-electron chi connectivity index (χ2n) is 3.17. The van der Waals surface area contributed by atoms with Crippen molar-refractivity contribution in [3.63, 3.8) is 0 Å². The number of rotatable bonds is 1. The first-order valence-corrected chi connectivity index (χ1v) is 5.43. The Labute approximate surface area is 86.7 Å². The molecule has 1 aliphatic rings. The minimum atomic E-state index is 0.609. The third-order valence-electron chi connectivity index (χ3n) is 2.34. The molecule has 0 aromatic heterocycles. The Morgan fingerprint density at radius 2 is 2.17 bits per heavy atom. The molecule has 2 heteroatoms. The Kier molecular flexibility index (Phi) is 2.66. The summed E-state index contributed by atoms with van der Waals surface area (Å²) < 4.78 is 1.38. The predicted molar refractivity (Wildman–Crippen MR) is 59.1 cm³/mol. The number of benzene rings is 1. The van der Waals surface area contributed by atoms with Crippen molar-refractivity contribution in [2.75, 3.05) is 6.54 Å². The smallest absolute Gasteiger partial charge is 0.0331 e. The minimum absolute atomic E-state index is 0.609. The quantitative estimate of drug-likeness (QED) is 0.776. The molecular formula is C10H12IN. The summed E-state index contributed by atoms with van der Waals surface area (Å²) in [6, 6.07) is 9.23. The highest BCUT2D eigenvalue weighted by Crippen LogP contribution is 2.26. The van der Waals surface area contributed by atoms with E-state index in [-0.39, 0.29) is 0 Å². The summed E-state index contributed by atoms with van der Waals surface area (Å²) in [5.41, 5.74) is 1.47. The summed E-state index contributed by atoms with van der Waals surface area (Å²) in [5.74, 6) is 0. The Morgan fingerprint density at radius 3 is 2.83 bits per heavy atom. The third-order valence-corrected chi connectivity index (χ3v) is 3.32. The van der Waals surface area contributed by atoms with Crippen LogP contribution < -0.4 is 5.32 Å². The van der Waals surface area contributed by atoms with Crippen LogP contribution >= 0.6 is 22.6 Å². The van der Waals surface area contributed by atoms with E-state index in [1.807, 2.05) is 0 Å². The SMILES string of the molecule is Ic1ccccc1[C@H]1CCCN1. The van der Waals surface area contributed by atoms with Crippen LogP contribution in [0.3, 0.4) is 0 Å². The predicted octanol–water partition coefficient (Wildman–Crippen LogP) is 2.72. The normalized spacial score (nSPS) is 22.9. The van der Waals surface area contributed by atoms with Gasteiger partial charge in [-0.3, -0.25) is 0 Å². The molecule has 0 amide bonds. The average molecular weight is 273 g/mol. The Balaban J connectivity index is 2.26. The van der Waals surface area contributed by atoms with Crippen molar-refractivity contribution in [1.82, 2.24) is 5.32 Å². The van der Waals surface area contributed by atoms with Gasteiger partial charge in [0.2, 0.25) is 0 Å². The van der Waals surface area contributed by atoms with E-state index in [2.05, 4.69) is 52.2 Å². The maximum absolute atomic E-state index is 3.51. The zero-order valence-corrected chi connectivity index (χ0v) is 9.04. The van der Waals surface area contributed by atoms with Crippen LogP contribution in [0.1, 0.15) is 24.4 Å². The molecule has 1 nitrogen and oxygen atoms in total. The van der Waals surface area contributed by atoms with Crippen LogP contribution in [0.5, 0.6) is 0 Å². The Morgan fingerprint density at radius 1 is 1.33 bits per heavy atom. The van der Waals surface area contributed by atoms with Crippen LogP contribution in [0.15, 0.2) is 24.3 Å². The van der Waals surface area contributed by atoms with E-state index in [0.29, 0.717) is 6.04 Å². The fourth-order valence-electron chi connectivity index (χ4n) is 1.71. The van der Waals surface area contributed by atoms with Gasteiger partial charge in [-0.2, -0.15) is 0 Å².